The van der Waals surface area contributed by atoms with Crippen molar-refractivity contribution in [3.05, 3.63) is 76.1 Å². The molecular formula is C27H31N3O5. The molecule has 0 spiro atoms. The maximum Gasteiger partial charge on any atom is 0.338 e. The Balaban J connectivity index is 1.63. The van der Waals surface area contributed by atoms with Gasteiger partial charge < -0.3 is 14.8 Å². The molecule has 1 heterocycles. The van der Waals surface area contributed by atoms with Gasteiger partial charge in [-0.25, -0.2) is 9.48 Å². The number of aryl methyl sites for hydroxylation is 3. The third kappa shape index (κ3) is 6.15. The van der Waals surface area contributed by atoms with Crippen LogP contribution in [0.1, 0.15) is 51.8 Å². The zero-order chi connectivity index (χ0) is 25.5. The second-order valence-electron chi connectivity index (χ2n) is 8.27. The number of ether oxygens (including phenoxy) is 2. The number of nitrogens with zero attached hydrogens (tertiary/aromatic N) is 2. The highest BCUT2D eigenvalue weighted by Crippen LogP contribution is 2.22. The summed E-state index contributed by atoms with van der Waals surface area (Å²) in [5, 5.41) is 7.42. The van der Waals surface area contributed by atoms with E-state index in [1.807, 2.05) is 45.9 Å². The number of aromatic nitrogens is 2. The van der Waals surface area contributed by atoms with Crippen LogP contribution in [0.2, 0.25) is 0 Å². The van der Waals surface area contributed by atoms with E-state index in [4.69, 9.17) is 9.47 Å². The molecule has 0 aliphatic carbocycles. The van der Waals surface area contributed by atoms with Gasteiger partial charge in [-0.2, -0.15) is 5.10 Å². The summed E-state index contributed by atoms with van der Waals surface area (Å²) in [7, 11) is 1.37. The van der Waals surface area contributed by atoms with Crippen LogP contribution in [0.25, 0.3) is 5.69 Å². The monoisotopic (exact) mass is 477 g/mol. The van der Waals surface area contributed by atoms with Gasteiger partial charge in [-0.05, 0) is 74.6 Å². The fraction of sp³-hybridized carbons (Fsp3) is 0.333. The Bertz CT molecular complexity index is 1230. The standard InChI is InChI=1S/C27H31N3O5/c1-6-20-9-7-8-17(2)26(20)28-24(31)16-35-27(33)21-10-12-22(13-11-21)30-19(4)23(18(3)29-30)14-15-25(32)34-5/h7-13H,6,14-16H2,1-5H3,(H,28,31). The number of rotatable bonds is 9. The normalized spacial score (nSPS) is 10.7. The van der Waals surface area contributed by atoms with E-state index in [-0.39, 0.29) is 24.9 Å². The van der Waals surface area contributed by atoms with Gasteiger partial charge in [0.1, 0.15) is 0 Å². The minimum absolute atomic E-state index is 0.266. The van der Waals surface area contributed by atoms with Crippen LogP contribution in [0.5, 0.6) is 0 Å². The molecule has 1 aromatic heterocycles. The molecule has 1 amide bonds. The predicted molar refractivity (Wildman–Crippen MR) is 133 cm³/mol. The number of amides is 1. The van der Waals surface area contributed by atoms with Gasteiger partial charge in [0.25, 0.3) is 5.91 Å². The van der Waals surface area contributed by atoms with E-state index in [9.17, 15) is 14.4 Å². The number of hydrogen-bond acceptors (Lipinski definition) is 6. The number of carbonyl (C=O) groups is 3. The van der Waals surface area contributed by atoms with Crippen LogP contribution in [-0.4, -0.2) is 41.3 Å². The summed E-state index contributed by atoms with van der Waals surface area (Å²) in [6.07, 6.45) is 1.61. The molecule has 3 aromatic rings. The summed E-state index contributed by atoms with van der Waals surface area (Å²) in [6.45, 7) is 7.40. The first-order chi connectivity index (χ1) is 16.7. The zero-order valence-electron chi connectivity index (χ0n) is 20.8. The number of para-hydroxylation sites is 1. The number of benzene rings is 2. The van der Waals surface area contributed by atoms with Crippen molar-refractivity contribution in [1.29, 1.82) is 0 Å². The third-order valence-corrected chi connectivity index (χ3v) is 5.93. The van der Waals surface area contributed by atoms with E-state index in [0.29, 0.717) is 12.0 Å². The van der Waals surface area contributed by atoms with Crippen molar-refractivity contribution in [3.8, 4) is 5.69 Å². The minimum Gasteiger partial charge on any atom is -0.469 e. The fourth-order valence-corrected chi connectivity index (χ4v) is 3.95. The molecule has 1 N–H and O–H groups in total. The first-order valence-corrected chi connectivity index (χ1v) is 11.5. The first kappa shape index (κ1) is 25.7. The lowest BCUT2D eigenvalue weighted by Gasteiger charge is -2.13. The molecule has 2 aromatic carbocycles. The lowest BCUT2D eigenvalue weighted by Crippen LogP contribution is -2.22. The molecule has 0 atom stereocenters. The lowest BCUT2D eigenvalue weighted by molar-refractivity contribution is -0.140. The van der Waals surface area contributed by atoms with Gasteiger partial charge in [0.15, 0.2) is 6.61 Å². The van der Waals surface area contributed by atoms with Crippen LogP contribution in [-0.2, 0) is 31.9 Å². The zero-order valence-corrected chi connectivity index (χ0v) is 20.8. The largest absolute Gasteiger partial charge is 0.469 e. The number of methoxy groups -OCH3 is 1. The molecule has 0 saturated heterocycles. The highest BCUT2D eigenvalue weighted by Gasteiger charge is 2.16. The van der Waals surface area contributed by atoms with Gasteiger partial charge in [-0.3, -0.25) is 9.59 Å². The van der Waals surface area contributed by atoms with Crippen molar-refractivity contribution in [1.82, 2.24) is 9.78 Å². The summed E-state index contributed by atoms with van der Waals surface area (Å²) in [4.78, 5) is 36.3. The lowest BCUT2D eigenvalue weighted by atomic mass is 10.1. The Kier molecular flexibility index (Phi) is 8.41. The fourth-order valence-electron chi connectivity index (χ4n) is 3.95. The van der Waals surface area contributed by atoms with Crippen molar-refractivity contribution >= 4 is 23.5 Å². The smallest absolute Gasteiger partial charge is 0.338 e. The summed E-state index contributed by atoms with van der Waals surface area (Å²) >= 11 is 0. The second kappa shape index (κ2) is 11.5. The van der Waals surface area contributed by atoms with Crippen LogP contribution in [0, 0.1) is 20.8 Å². The molecule has 0 bridgehead atoms. The number of carbonyl (C=O) groups excluding carboxylic acids is 3. The Morgan fingerprint density at radius 1 is 1.03 bits per heavy atom. The van der Waals surface area contributed by atoms with Gasteiger partial charge in [0.2, 0.25) is 0 Å². The van der Waals surface area contributed by atoms with Crippen LogP contribution >= 0.6 is 0 Å². The molecule has 8 nitrogen and oxygen atoms in total. The average molecular weight is 478 g/mol. The average Bonchev–Trinajstić information content (AvgIpc) is 3.15. The number of anilines is 1. The quantitative estimate of drug-likeness (QED) is 0.462. The Morgan fingerprint density at radius 2 is 1.74 bits per heavy atom. The van der Waals surface area contributed by atoms with Gasteiger partial charge in [0.05, 0.1) is 24.1 Å². The highest BCUT2D eigenvalue weighted by atomic mass is 16.5. The SMILES string of the molecule is CCc1cccc(C)c1NC(=O)COC(=O)c1ccc(-n2nc(C)c(CCC(=O)OC)c2C)cc1. The van der Waals surface area contributed by atoms with E-state index in [1.165, 1.54) is 7.11 Å². The van der Waals surface area contributed by atoms with Gasteiger partial charge >= 0.3 is 11.9 Å². The van der Waals surface area contributed by atoms with Crippen molar-refractivity contribution in [2.75, 3.05) is 19.0 Å². The molecule has 0 aliphatic heterocycles. The van der Waals surface area contributed by atoms with E-state index in [2.05, 4.69) is 10.4 Å². The van der Waals surface area contributed by atoms with Crippen LogP contribution in [0.4, 0.5) is 5.69 Å². The van der Waals surface area contributed by atoms with Gasteiger partial charge in [-0.15, -0.1) is 0 Å². The van der Waals surface area contributed by atoms with Crippen molar-refractivity contribution in [3.63, 3.8) is 0 Å². The number of esters is 2. The maximum atomic E-state index is 12.5. The number of nitrogens with one attached hydrogen (secondary N) is 1. The number of hydrogen-bond donors (Lipinski definition) is 1. The van der Waals surface area contributed by atoms with Gasteiger partial charge in [-0.1, -0.05) is 25.1 Å². The molecule has 3 rings (SSSR count). The molecule has 0 saturated carbocycles. The summed E-state index contributed by atoms with van der Waals surface area (Å²) in [6, 6.07) is 12.6. The summed E-state index contributed by atoms with van der Waals surface area (Å²) in [5.74, 6) is -1.24. The molecule has 0 unspecified atom stereocenters. The van der Waals surface area contributed by atoms with Crippen molar-refractivity contribution in [2.24, 2.45) is 0 Å². The summed E-state index contributed by atoms with van der Waals surface area (Å²) in [5.41, 5.74) is 6.59. The van der Waals surface area contributed by atoms with Gasteiger partial charge in [0, 0.05) is 17.8 Å². The van der Waals surface area contributed by atoms with Crippen LogP contribution in [0.3, 0.4) is 0 Å². The predicted octanol–water partition coefficient (Wildman–Crippen LogP) is 4.26. The molecule has 8 heteroatoms. The van der Waals surface area contributed by atoms with E-state index in [1.54, 1.807) is 28.9 Å². The second-order valence-corrected chi connectivity index (χ2v) is 8.27. The van der Waals surface area contributed by atoms with E-state index >= 15 is 0 Å². The molecule has 35 heavy (non-hydrogen) atoms. The highest BCUT2D eigenvalue weighted by molar-refractivity contribution is 5.96. The van der Waals surface area contributed by atoms with E-state index in [0.717, 1.165) is 45.9 Å². The van der Waals surface area contributed by atoms with Crippen LogP contribution < -0.4 is 5.32 Å². The topological polar surface area (TPSA) is 99.5 Å². The molecular weight excluding hydrogens is 446 g/mol. The van der Waals surface area contributed by atoms with Crippen molar-refractivity contribution < 1.29 is 23.9 Å². The maximum absolute atomic E-state index is 12.5. The molecule has 0 radical (unpaired) electrons. The molecule has 0 aliphatic rings. The van der Waals surface area contributed by atoms with Crippen LogP contribution in [0.15, 0.2) is 42.5 Å². The third-order valence-electron chi connectivity index (χ3n) is 5.93. The van der Waals surface area contributed by atoms with E-state index < -0.39 is 5.97 Å². The summed E-state index contributed by atoms with van der Waals surface area (Å²) < 4.78 is 11.7. The minimum atomic E-state index is -0.584. The Morgan fingerprint density at radius 3 is 2.40 bits per heavy atom. The Hall–Kier alpha value is -3.94. The van der Waals surface area contributed by atoms with Crippen molar-refractivity contribution in [2.45, 2.75) is 47.0 Å². The molecule has 184 valence electrons. The Labute approximate surface area is 205 Å². The first-order valence-electron chi connectivity index (χ1n) is 11.5. The molecule has 0 fully saturated rings.